The van der Waals surface area contributed by atoms with E-state index in [1.165, 1.54) is 19.3 Å². The van der Waals surface area contributed by atoms with E-state index in [9.17, 15) is 0 Å². The van der Waals surface area contributed by atoms with Crippen molar-refractivity contribution in [1.29, 1.82) is 0 Å². The summed E-state index contributed by atoms with van der Waals surface area (Å²) in [5.41, 5.74) is 6.88. The number of nitrogen functional groups attached to an aromatic ring is 1. The summed E-state index contributed by atoms with van der Waals surface area (Å²) in [6.07, 6.45) is 5.46. The normalized spacial score (nSPS) is 20.1. The van der Waals surface area contributed by atoms with Crippen molar-refractivity contribution in [2.45, 2.75) is 33.1 Å². The Morgan fingerprint density at radius 1 is 1.35 bits per heavy atom. The zero-order chi connectivity index (χ0) is 12.5. The molecule has 0 saturated carbocycles. The maximum Gasteiger partial charge on any atom is 0.143 e. The Morgan fingerprint density at radius 3 is 2.82 bits per heavy atom. The van der Waals surface area contributed by atoms with Crippen molar-refractivity contribution >= 4 is 27.4 Å². The summed E-state index contributed by atoms with van der Waals surface area (Å²) in [5.74, 6) is 1.02. The van der Waals surface area contributed by atoms with Gasteiger partial charge in [-0.3, -0.25) is 0 Å². The lowest BCUT2D eigenvalue weighted by atomic mass is 9.85. The molecule has 0 bridgehead atoms. The predicted octanol–water partition coefficient (Wildman–Crippen LogP) is 3.44. The summed E-state index contributed by atoms with van der Waals surface area (Å²) in [4.78, 5) is 6.80. The Bertz CT molecular complexity index is 404. The number of pyridine rings is 1. The highest BCUT2D eigenvalue weighted by atomic mass is 79.9. The van der Waals surface area contributed by atoms with Crippen LogP contribution in [0, 0.1) is 5.41 Å². The fourth-order valence-electron chi connectivity index (χ4n) is 2.31. The summed E-state index contributed by atoms with van der Waals surface area (Å²) < 4.78 is 0.997. The fourth-order valence-corrected chi connectivity index (χ4v) is 2.93. The Kier molecular flexibility index (Phi) is 3.61. The molecule has 0 amide bonds. The van der Waals surface area contributed by atoms with Crippen molar-refractivity contribution in [2.24, 2.45) is 5.41 Å². The lowest BCUT2D eigenvalue weighted by molar-refractivity contribution is 0.325. The minimum absolute atomic E-state index is 0.453. The van der Waals surface area contributed by atoms with Crippen LogP contribution < -0.4 is 10.6 Å². The molecule has 1 aliphatic heterocycles. The Labute approximate surface area is 112 Å². The second-order valence-electron chi connectivity index (χ2n) is 5.58. The topological polar surface area (TPSA) is 42.2 Å². The van der Waals surface area contributed by atoms with E-state index in [2.05, 4.69) is 39.7 Å². The molecule has 0 spiro atoms. The fraction of sp³-hybridized carbons (Fsp3) is 0.615. The molecule has 94 valence electrons. The number of hydrogen-bond donors (Lipinski definition) is 1. The van der Waals surface area contributed by atoms with Crippen LogP contribution in [0.5, 0.6) is 0 Å². The largest absolute Gasteiger partial charge is 0.397 e. The first-order valence-electron chi connectivity index (χ1n) is 6.14. The number of halogens is 1. The van der Waals surface area contributed by atoms with E-state index in [0.717, 1.165) is 23.4 Å². The van der Waals surface area contributed by atoms with Gasteiger partial charge in [0.15, 0.2) is 0 Å². The molecular formula is C13H20BrN3. The van der Waals surface area contributed by atoms with E-state index in [4.69, 9.17) is 5.73 Å². The summed E-state index contributed by atoms with van der Waals surface area (Å²) in [6.45, 7) is 6.85. The molecule has 2 rings (SSSR count). The highest BCUT2D eigenvalue weighted by molar-refractivity contribution is 9.10. The molecule has 4 heteroatoms. The van der Waals surface area contributed by atoms with Crippen LogP contribution in [0.15, 0.2) is 16.7 Å². The van der Waals surface area contributed by atoms with Crippen molar-refractivity contribution in [1.82, 2.24) is 4.98 Å². The summed E-state index contributed by atoms with van der Waals surface area (Å²) in [5, 5.41) is 0. The number of anilines is 2. The molecule has 0 aliphatic carbocycles. The number of rotatable bonds is 1. The Balaban J connectivity index is 2.17. The van der Waals surface area contributed by atoms with Gasteiger partial charge in [-0.15, -0.1) is 0 Å². The minimum atomic E-state index is 0.453. The van der Waals surface area contributed by atoms with E-state index in [1.54, 1.807) is 6.20 Å². The molecule has 1 aromatic heterocycles. The average Bonchev–Trinajstić information content (AvgIpc) is 2.40. The van der Waals surface area contributed by atoms with Gasteiger partial charge in [0, 0.05) is 13.1 Å². The van der Waals surface area contributed by atoms with Gasteiger partial charge < -0.3 is 10.6 Å². The lowest BCUT2D eigenvalue weighted by Crippen LogP contribution is -2.26. The quantitative estimate of drug-likeness (QED) is 0.863. The third-order valence-electron chi connectivity index (χ3n) is 3.48. The zero-order valence-corrected chi connectivity index (χ0v) is 12.1. The summed E-state index contributed by atoms with van der Waals surface area (Å²) in [6, 6.07) is 1.93. The molecule has 1 aliphatic rings. The maximum absolute atomic E-state index is 5.72. The van der Waals surface area contributed by atoms with Gasteiger partial charge in [-0.05, 0) is 46.7 Å². The molecule has 2 N–H and O–H groups in total. The summed E-state index contributed by atoms with van der Waals surface area (Å²) >= 11 is 3.55. The number of nitrogens with two attached hydrogens (primary N) is 1. The number of aromatic nitrogens is 1. The zero-order valence-electron chi connectivity index (χ0n) is 10.5. The molecule has 0 radical (unpaired) electrons. The van der Waals surface area contributed by atoms with E-state index in [1.807, 2.05) is 6.07 Å². The van der Waals surface area contributed by atoms with Crippen molar-refractivity contribution in [3.8, 4) is 0 Å². The second kappa shape index (κ2) is 4.84. The third kappa shape index (κ3) is 3.12. The van der Waals surface area contributed by atoms with Gasteiger partial charge in [0.25, 0.3) is 0 Å². The van der Waals surface area contributed by atoms with Crippen LogP contribution >= 0.6 is 15.9 Å². The summed E-state index contributed by atoms with van der Waals surface area (Å²) in [7, 11) is 0. The van der Waals surface area contributed by atoms with E-state index < -0.39 is 0 Å². The standard InChI is InChI=1S/C13H20BrN3/c1-13(2)4-3-6-17(7-5-13)12-11(14)8-10(15)9-16-12/h8-9H,3-7,15H2,1-2H3. The van der Waals surface area contributed by atoms with E-state index in [0.29, 0.717) is 11.1 Å². The SMILES string of the molecule is CC1(C)CCCN(c2ncc(N)cc2Br)CC1. The molecule has 1 fully saturated rings. The molecule has 1 aromatic rings. The molecule has 0 aromatic carbocycles. The van der Waals surface area contributed by atoms with Crippen LogP contribution in [0.2, 0.25) is 0 Å². The molecule has 3 nitrogen and oxygen atoms in total. The third-order valence-corrected chi connectivity index (χ3v) is 4.07. The maximum atomic E-state index is 5.72. The molecule has 2 heterocycles. The Morgan fingerprint density at radius 2 is 2.12 bits per heavy atom. The van der Waals surface area contributed by atoms with Crippen molar-refractivity contribution in [2.75, 3.05) is 23.7 Å². The van der Waals surface area contributed by atoms with Gasteiger partial charge in [0.1, 0.15) is 5.82 Å². The van der Waals surface area contributed by atoms with Crippen LogP contribution in [-0.2, 0) is 0 Å². The first-order valence-corrected chi connectivity index (χ1v) is 6.93. The first kappa shape index (κ1) is 12.7. The van der Waals surface area contributed by atoms with Crippen LogP contribution in [-0.4, -0.2) is 18.1 Å². The lowest BCUT2D eigenvalue weighted by Gasteiger charge is -2.24. The van der Waals surface area contributed by atoms with Crippen LogP contribution in [0.25, 0.3) is 0 Å². The van der Waals surface area contributed by atoms with Gasteiger partial charge in [-0.2, -0.15) is 0 Å². The highest BCUT2D eigenvalue weighted by Gasteiger charge is 2.24. The monoisotopic (exact) mass is 297 g/mol. The van der Waals surface area contributed by atoms with Crippen LogP contribution in [0.3, 0.4) is 0 Å². The van der Waals surface area contributed by atoms with Gasteiger partial charge in [0.2, 0.25) is 0 Å². The van der Waals surface area contributed by atoms with Crippen molar-refractivity contribution in [3.05, 3.63) is 16.7 Å². The predicted molar refractivity (Wildman–Crippen MR) is 76.2 cm³/mol. The van der Waals surface area contributed by atoms with Crippen LogP contribution in [0.4, 0.5) is 11.5 Å². The molecular weight excluding hydrogens is 278 g/mol. The van der Waals surface area contributed by atoms with Crippen molar-refractivity contribution in [3.63, 3.8) is 0 Å². The smallest absolute Gasteiger partial charge is 0.143 e. The first-order chi connectivity index (χ1) is 7.98. The van der Waals surface area contributed by atoms with Crippen molar-refractivity contribution < 1.29 is 0 Å². The molecule has 1 saturated heterocycles. The minimum Gasteiger partial charge on any atom is -0.397 e. The second-order valence-corrected chi connectivity index (χ2v) is 6.43. The number of hydrogen-bond acceptors (Lipinski definition) is 3. The van der Waals surface area contributed by atoms with Gasteiger partial charge in [0.05, 0.1) is 16.4 Å². The van der Waals surface area contributed by atoms with Gasteiger partial charge >= 0.3 is 0 Å². The van der Waals surface area contributed by atoms with Gasteiger partial charge in [-0.25, -0.2) is 4.98 Å². The number of nitrogens with zero attached hydrogens (tertiary/aromatic N) is 2. The average molecular weight is 298 g/mol. The van der Waals surface area contributed by atoms with Gasteiger partial charge in [-0.1, -0.05) is 13.8 Å². The molecule has 0 unspecified atom stereocenters. The highest BCUT2D eigenvalue weighted by Crippen LogP contribution is 2.33. The van der Waals surface area contributed by atoms with E-state index >= 15 is 0 Å². The van der Waals surface area contributed by atoms with E-state index in [-0.39, 0.29) is 0 Å². The van der Waals surface area contributed by atoms with Crippen LogP contribution in [0.1, 0.15) is 33.1 Å². The molecule has 17 heavy (non-hydrogen) atoms. The Hall–Kier alpha value is -0.770. The molecule has 0 atom stereocenters.